The van der Waals surface area contributed by atoms with Crippen molar-refractivity contribution in [2.75, 3.05) is 47.5 Å². The predicted molar refractivity (Wildman–Crippen MR) is 350 cm³/mol. The summed E-state index contributed by atoms with van der Waals surface area (Å²) in [6.45, 7) is 4.08. The highest BCUT2D eigenvalue weighted by atomic mass is 31.2. The average molecular weight is 1160 g/mol. The third-order valence-electron chi connectivity index (χ3n) is 13.3. The number of quaternary nitrogens is 1. The monoisotopic (exact) mass is 1160 g/mol. The molecule has 0 spiro atoms. The third-order valence-corrected chi connectivity index (χ3v) is 14.3. The van der Waals surface area contributed by atoms with E-state index in [0.717, 1.165) is 116 Å². The second-order valence-electron chi connectivity index (χ2n) is 22.4. The average Bonchev–Trinajstić information content (AvgIpc) is 3.46. The van der Waals surface area contributed by atoms with Crippen LogP contribution in [0.15, 0.2) is 146 Å². The SMILES string of the molecule is CC/C=C\C/C=C\C/C=C\C/C=C\C/C=C\C/C=C\C/C=C\C/C=C\C/C=C\C/C=C\C/C=C\CCCCCC(=O)OC(COC(=O)CCCCCCCCCCC/C=C\CCCCCCCCCC)COP(=O)([O-])OCC[N+](C)(C)C. The molecule has 0 bridgehead atoms. The lowest BCUT2D eigenvalue weighted by Gasteiger charge is -2.28. The third kappa shape index (κ3) is 65.0. The zero-order valence-electron chi connectivity index (χ0n) is 52.9. The lowest BCUT2D eigenvalue weighted by molar-refractivity contribution is -0.870. The van der Waals surface area contributed by atoms with Crippen LogP contribution in [0.5, 0.6) is 0 Å². The van der Waals surface area contributed by atoms with Gasteiger partial charge in [0.25, 0.3) is 7.82 Å². The van der Waals surface area contributed by atoms with E-state index in [2.05, 4.69) is 160 Å². The fourth-order valence-corrected chi connectivity index (χ4v) is 9.09. The molecule has 0 radical (unpaired) electrons. The van der Waals surface area contributed by atoms with Crippen molar-refractivity contribution >= 4 is 19.8 Å². The van der Waals surface area contributed by atoms with Crippen molar-refractivity contribution in [1.82, 2.24) is 0 Å². The normalized spacial score (nSPS) is 14.2. The zero-order valence-corrected chi connectivity index (χ0v) is 53.8. The highest BCUT2D eigenvalue weighted by molar-refractivity contribution is 7.45. The van der Waals surface area contributed by atoms with Gasteiger partial charge in [-0.1, -0.05) is 256 Å². The van der Waals surface area contributed by atoms with Crippen molar-refractivity contribution in [3.8, 4) is 0 Å². The maximum absolute atomic E-state index is 12.8. The van der Waals surface area contributed by atoms with Crippen molar-refractivity contribution in [3.63, 3.8) is 0 Å². The maximum atomic E-state index is 12.8. The van der Waals surface area contributed by atoms with Gasteiger partial charge >= 0.3 is 11.9 Å². The Kier molecular flexibility index (Phi) is 58.4. The van der Waals surface area contributed by atoms with Gasteiger partial charge in [0.1, 0.15) is 19.8 Å². The smallest absolute Gasteiger partial charge is 0.306 e. The molecule has 466 valence electrons. The minimum atomic E-state index is -4.66. The number of allylic oxidation sites excluding steroid dienone is 24. The van der Waals surface area contributed by atoms with Gasteiger partial charge < -0.3 is 27.9 Å². The van der Waals surface area contributed by atoms with Crippen LogP contribution in [0.2, 0.25) is 0 Å². The van der Waals surface area contributed by atoms with E-state index in [4.69, 9.17) is 18.5 Å². The largest absolute Gasteiger partial charge is 0.756 e. The second-order valence-corrected chi connectivity index (χ2v) is 23.8. The van der Waals surface area contributed by atoms with Gasteiger partial charge in [0, 0.05) is 12.8 Å². The van der Waals surface area contributed by atoms with Crippen molar-refractivity contribution in [2.24, 2.45) is 0 Å². The fourth-order valence-electron chi connectivity index (χ4n) is 8.36. The maximum Gasteiger partial charge on any atom is 0.306 e. The van der Waals surface area contributed by atoms with Crippen LogP contribution in [0.25, 0.3) is 0 Å². The Labute approximate surface area is 503 Å². The predicted octanol–water partition coefficient (Wildman–Crippen LogP) is 20.4. The molecule has 0 aromatic carbocycles. The molecule has 0 N–H and O–H groups in total. The Morgan fingerprint density at radius 3 is 1.06 bits per heavy atom. The van der Waals surface area contributed by atoms with E-state index >= 15 is 0 Å². The van der Waals surface area contributed by atoms with Gasteiger partial charge in [-0.05, 0) is 122 Å². The number of unbranched alkanes of at least 4 members (excludes halogenated alkanes) is 20. The van der Waals surface area contributed by atoms with Crippen molar-refractivity contribution in [2.45, 2.75) is 251 Å². The van der Waals surface area contributed by atoms with Gasteiger partial charge in [0.05, 0.1) is 27.7 Å². The molecule has 2 atom stereocenters. The van der Waals surface area contributed by atoms with Gasteiger partial charge in [0.15, 0.2) is 6.10 Å². The Morgan fingerprint density at radius 1 is 0.390 bits per heavy atom. The summed E-state index contributed by atoms with van der Waals surface area (Å²) in [4.78, 5) is 38.0. The topological polar surface area (TPSA) is 111 Å². The van der Waals surface area contributed by atoms with Crippen LogP contribution in [-0.4, -0.2) is 70.0 Å². The number of nitrogens with zero attached hydrogens (tertiary/aromatic N) is 1. The zero-order chi connectivity index (χ0) is 59.8. The summed E-state index contributed by atoms with van der Waals surface area (Å²) >= 11 is 0. The van der Waals surface area contributed by atoms with Crippen LogP contribution in [0.1, 0.15) is 245 Å². The molecule has 0 aliphatic carbocycles. The molecule has 0 aromatic rings. The number of carbonyl (C=O) groups excluding carboxylic acids is 2. The van der Waals surface area contributed by atoms with Gasteiger partial charge in [-0.2, -0.15) is 0 Å². The summed E-state index contributed by atoms with van der Waals surface area (Å²) in [5.41, 5.74) is 0. The molecule has 10 heteroatoms. The molecule has 0 saturated heterocycles. The van der Waals surface area contributed by atoms with Crippen LogP contribution in [0.4, 0.5) is 0 Å². The van der Waals surface area contributed by atoms with Crippen molar-refractivity contribution < 1.29 is 42.1 Å². The number of likely N-dealkylation sites (N-methyl/N-ethyl adjacent to an activating group) is 1. The van der Waals surface area contributed by atoms with Crippen LogP contribution in [0, 0.1) is 0 Å². The second kappa shape index (κ2) is 61.5. The first kappa shape index (κ1) is 77.9. The molecular weight excluding hydrogens is 1040 g/mol. The van der Waals surface area contributed by atoms with Crippen LogP contribution >= 0.6 is 7.82 Å². The van der Waals surface area contributed by atoms with Gasteiger partial charge in [-0.15, -0.1) is 0 Å². The van der Waals surface area contributed by atoms with Gasteiger partial charge in [-0.25, -0.2) is 0 Å². The molecule has 0 saturated carbocycles. The van der Waals surface area contributed by atoms with E-state index in [1.165, 1.54) is 96.3 Å². The number of phosphoric ester groups is 1. The number of phosphoric acid groups is 1. The number of hydrogen-bond donors (Lipinski definition) is 0. The molecule has 82 heavy (non-hydrogen) atoms. The number of rotatable bonds is 58. The van der Waals surface area contributed by atoms with Crippen LogP contribution in [-0.2, 0) is 32.7 Å². The quantitative estimate of drug-likeness (QED) is 0.0195. The minimum absolute atomic E-state index is 0.0453. The number of carbonyl (C=O) groups is 2. The molecule has 0 aliphatic heterocycles. The first-order valence-electron chi connectivity index (χ1n) is 32.5. The van der Waals surface area contributed by atoms with E-state index < -0.39 is 32.5 Å². The van der Waals surface area contributed by atoms with Crippen LogP contribution in [0.3, 0.4) is 0 Å². The lowest BCUT2D eigenvalue weighted by Crippen LogP contribution is -2.37. The Hall–Kier alpha value is -4.11. The van der Waals surface area contributed by atoms with E-state index in [9.17, 15) is 19.0 Å². The molecular formula is C72H120NO8P. The first-order chi connectivity index (χ1) is 40.0. The number of esters is 2. The summed E-state index contributed by atoms with van der Waals surface area (Å²) in [6.07, 6.45) is 90.5. The molecule has 2 unspecified atom stereocenters. The van der Waals surface area contributed by atoms with Gasteiger partial charge in [0.2, 0.25) is 0 Å². The van der Waals surface area contributed by atoms with E-state index in [1.807, 2.05) is 21.1 Å². The van der Waals surface area contributed by atoms with Crippen molar-refractivity contribution in [3.05, 3.63) is 146 Å². The summed E-state index contributed by atoms with van der Waals surface area (Å²) in [6, 6.07) is 0. The number of ether oxygens (including phenoxy) is 2. The van der Waals surface area contributed by atoms with E-state index in [1.54, 1.807) is 0 Å². The van der Waals surface area contributed by atoms with E-state index in [0.29, 0.717) is 17.4 Å². The minimum Gasteiger partial charge on any atom is -0.756 e. The van der Waals surface area contributed by atoms with Gasteiger partial charge in [-0.3, -0.25) is 14.2 Å². The summed E-state index contributed by atoms with van der Waals surface area (Å²) < 4.78 is 34.2. The Morgan fingerprint density at radius 2 is 0.695 bits per heavy atom. The molecule has 9 nitrogen and oxygen atoms in total. The standard InChI is InChI=1S/C72H120NO8P/c1-6-8-10-12-14-16-18-20-22-24-26-28-29-30-31-32-33-34-35-36-37-38-39-40-41-42-43-45-47-49-51-53-55-57-59-61-63-65-72(75)81-70(69-80-82(76,77)79-67-66-73(3,4)5)68-78-71(74)64-62-60-58-56-54-52-50-48-46-44-27-25-23-21-19-17-15-13-11-9-7-2/h8,10,14,16,20,22,25-28,30-31,33-34,36-37,39-40,42-43,47,49,53,55,70H,6-7,9,11-13,15,17-19,21,23-24,29,32,35,38,41,44-46,48,50-52,54,56-69H2,1-5H3/b10-8-,16-14-,22-20-,27-25-,28-26-,31-30-,34-33-,37-36-,40-39-,43-42-,49-47-,55-53-. The molecule has 0 aliphatic rings. The molecule has 0 rings (SSSR count). The molecule has 0 aromatic heterocycles. The summed E-state index contributed by atoms with van der Waals surface area (Å²) in [7, 11) is 1.12. The number of hydrogen-bond acceptors (Lipinski definition) is 8. The molecule has 0 heterocycles. The summed E-state index contributed by atoms with van der Waals surface area (Å²) in [5.74, 6) is -0.881. The Bertz CT molecular complexity index is 1890. The first-order valence-corrected chi connectivity index (χ1v) is 34.0. The molecule has 0 amide bonds. The lowest BCUT2D eigenvalue weighted by atomic mass is 10.1. The summed E-state index contributed by atoms with van der Waals surface area (Å²) in [5, 5.41) is 0. The Balaban J connectivity index is 4.23. The van der Waals surface area contributed by atoms with E-state index in [-0.39, 0.29) is 26.1 Å². The highest BCUT2D eigenvalue weighted by Crippen LogP contribution is 2.38. The fraction of sp³-hybridized carbons (Fsp3) is 0.639. The van der Waals surface area contributed by atoms with Crippen molar-refractivity contribution in [1.29, 1.82) is 0 Å². The van der Waals surface area contributed by atoms with Crippen LogP contribution < -0.4 is 4.89 Å². The molecule has 0 fully saturated rings. The highest BCUT2D eigenvalue weighted by Gasteiger charge is 2.22.